The Labute approximate surface area is 134 Å². The van der Waals surface area contributed by atoms with Crippen LogP contribution in [0.2, 0.25) is 0 Å². The van der Waals surface area contributed by atoms with Crippen molar-refractivity contribution in [3.63, 3.8) is 0 Å². The van der Waals surface area contributed by atoms with Crippen LogP contribution in [0.25, 0.3) is 0 Å². The van der Waals surface area contributed by atoms with Crippen LogP contribution >= 0.6 is 0 Å². The minimum atomic E-state index is -3.27. The lowest BCUT2D eigenvalue weighted by Crippen LogP contribution is -2.49. The van der Waals surface area contributed by atoms with Crippen molar-refractivity contribution in [3.8, 4) is 0 Å². The minimum absolute atomic E-state index is 0.163. The van der Waals surface area contributed by atoms with Gasteiger partial charge in [-0.1, -0.05) is 12.8 Å². The van der Waals surface area contributed by atoms with Crippen LogP contribution in [0.15, 0.2) is 0 Å². The molecule has 0 aromatic heterocycles. The van der Waals surface area contributed by atoms with Gasteiger partial charge in [0.05, 0.1) is 13.2 Å². The second kappa shape index (κ2) is 7.57. The molecule has 3 aliphatic rings. The summed E-state index contributed by atoms with van der Waals surface area (Å²) >= 11 is 0. The zero-order valence-corrected chi connectivity index (χ0v) is 14.2. The molecule has 0 spiro atoms. The van der Waals surface area contributed by atoms with Crippen molar-refractivity contribution in [3.05, 3.63) is 0 Å². The van der Waals surface area contributed by atoms with Gasteiger partial charge in [0.15, 0.2) is 0 Å². The molecule has 0 atom stereocenters. The molecule has 2 heterocycles. The van der Waals surface area contributed by atoms with Crippen LogP contribution in [0.5, 0.6) is 0 Å². The van der Waals surface area contributed by atoms with Gasteiger partial charge in [-0.2, -0.15) is 17.4 Å². The Morgan fingerprint density at radius 2 is 1.59 bits per heavy atom. The molecule has 0 unspecified atom stereocenters. The molecule has 0 radical (unpaired) electrons. The highest BCUT2D eigenvalue weighted by atomic mass is 32.2. The fraction of sp³-hybridized carbons (Fsp3) is 1.00. The molecule has 0 aromatic rings. The maximum absolute atomic E-state index is 12.4. The first-order valence-corrected chi connectivity index (χ1v) is 10.1. The first kappa shape index (κ1) is 16.6. The van der Waals surface area contributed by atoms with E-state index in [1.54, 1.807) is 4.31 Å². The minimum Gasteiger partial charge on any atom is -0.379 e. The number of piperidine rings is 1. The quantitative estimate of drug-likeness (QED) is 0.810. The van der Waals surface area contributed by atoms with Gasteiger partial charge < -0.3 is 4.74 Å². The van der Waals surface area contributed by atoms with Gasteiger partial charge in [0.1, 0.15) is 0 Å². The molecule has 1 saturated carbocycles. The molecule has 22 heavy (non-hydrogen) atoms. The topological polar surface area (TPSA) is 61.9 Å². The number of nitrogens with zero attached hydrogens (tertiary/aromatic N) is 2. The Balaban J connectivity index is 1.44. The molecule has 3 fully saturated rings. The van der Waals surface area contributed by atoms with Gasteiger partial charge in [0, 0.05) is 38.8 Å². The molecule has 128 valence electrons. The Morgan fingerprint density at radius 1 is 0.955 bits per heavy atom. The molecule has 0 bridgehead atoms. The van der Waals surface area contributed by atoms with E-state index in [0.717, 1.165) is 71.4 Å². The molecule has 3 rings (SSSR count). The van der Waals surface area contributed by atoms with Gasteiger partial charge in [-0.3, -0.25) is 4.90 Å². The van der Waals surface area contributed by atoms with E-state index >= 15 is 0 Å². The molecule has 6 nitrogen and oxygen atoms in total. The Morgan fingerprint density at radius 3 is 2.23 bits per heavy atom. The Hall–Kier alpha value is -0.210. The third-order valence-corrected chi connectivity index (χ3v) is 6.88. The largest absolute Gasteiger partial charge is 0.379 e. The highest BCUT2D eigenvalue weighted by Crippen LogP contribution is 2.23. The van der Waals surface area contributed by atoms with Gasteiger partial charge >= 0.3 is 0 Å². The van der Waals surface area contributed by atoms with Crippen molar-refractivity contribution < 1.29 is 13.2 Å². The number of hydrogen-bond acceptors (Lipinski definition) is 4. The second-order valence-corrected chi connectivity index (χ2v) is 8.56. The van der Waals surface area contributed by atoms with Crippen molar-refractivity contribution in [1.29, 1.82) is 0 Å². The van der Waals surface area contributed by atoms with Crippen LogP contribution in [0.1, 0.15) is 38.5 Å². The summed E-state index contributed by atoms with van der Waals surface area (Å²) in [6, 6.07) is 0.163. The van der Waals surface area contributed by atoms with Crippen LogP contribution in [-0.4, -0.2) is 69.6 Å². The molecule has 1 aliphatic carbocycles. The molecular formula is C15H29N3O3S. The number of hydrogen-bond donors (Lipinski definition) is 1. The molecule has 0 amide bonds. The lowest BCUT2D eigenvalue weighted by molar-refractivity contribution is 0.0268. The summed E-state index contributed by atoms with van der Waals surface area (Å²) in [5, 5.41) is 0. The van der Waals surface area contributed by atoms with Crippen molar-refractivity contribution in [1.82, 2.24) is 13.9 Å². The SMILES string of the molecule is O=S(=O)(NC1CCCC1)N1CCC(CN2CCOCC2)CC1. The first-order valence-electron chi connectivity index (χ1n) is 8.71. The second-order valence-electron chi connectivity index (χ2n) is 6.86. The molecule has 0 aromatic carbocycles. The van der Waals surface area contributed by atoms with Crippen molar-refractivity contribution >= 4 is 10.2 Å². The van der Waals surface area contributed by atoms with E-state index in [2.05, 4.69) is 9.62 Å². The fourth-order valence-electron chi connectivity index (χ4n) is 3.81. The highest BCUT2D eigenvalue weighted by molar-refractivity contribution is 7.87. The van der Waals surface area contributed by atoms with E-state index in [1.807, 2.05) is 0 Å². The van der Waals surface area contributed by atoms with Crippen molar-refractivity contribution in [2.45, 2.75) is 44.6 Å². The molecule has 7 heteroatoms. The lowest BCUT2D eigenvalue weighted by Gasteiger charge is -2.35. The van der Waals surface area contributed by atoms with E-state index in [-0.39, 0.29) is 6.04 Å². The molecule has 2 saturated heterocycles. The predicted molar refractivity (Wildman–Crippen MR) is 85.9 cm³/mol. The zero-order valence-electron chi connectivity index (χ0n) is 13.4. The number of rotatable bonds is 5. The monoisotopic (exact) mass is 331 g/mol. The average Bonchev–Trinajstić information content (AvgIpc) is 3.01. The highest BCUT2D eigenvalue weighted by Gasteiger charge is 2.31. The van der Waals surface area contributed by atoms with Crippen molar-refractivity contribution in [2.75, 3.05) is 45.9 Å². The molecule has 1 N–H and O–H groups in total. The summed E-state index contributed by atoms with van der Waals surface area (Å²) < 4.78 is 34.8. The summed E-state index contributed by atoms with van der Waals surface area (Å²) in [7, 11) is -3.27. The summed E-state index contributed by atoms with van der Waals surface area (Å²) in [6.45, 7) is 6.11. The number of nitrogens with one attached hydrogen (secondary N) is 1. The summed E-state index contributed by atoms with van der Waals surface area (Å²) in [5.41, 5.74) is 0. The van der Waals surface area contributed by atoms with Crippen LogP contribution in [0, 0.1) is 5.92 Å². The average molecular weight is 331 g/mol. The van der Waals surface area contributed by atoms with E-state index in [9.17, 15) is 8.42 Å². The van der Waals surface area contributed by atoms with Gasteiger partial charge in [0.25, 0.3) is 10.2 Å². The smallest absolute Gasteiger partial charge is 0.279 e. The molecule has 2 aliphatic heterocycles. The van der Waals surface area contributed by atoms with Gasteiger partial charge in [-0.15, -0.1) is 0 Å². The van der Waals surface area contributed by atoms with Crippen LogP contribution < -0.4 is 4.72 Å². The van der Waals surface area contributed by atoms with Crippen LogP contribution in [0.4, 0.5) is 0 Å². The Bertz CT molecular complexity index is 437. The van der Waals surface area contributed by atoms with Crippen molar-refractivity contribution in [2.24, 2.45) is 5.92 Å². The van der Waals surface area contributed by atoms with Crippen LogP contribution in [0.3, 0.4) is 0 Å². The lowest BCUT2D eigenvalue weighted by atomic mass is 9.97. The maximum Gasteiger partial charge on any atom is 0.279 e. The van der Waals surface area contributed by atoms with Gasteiger partial charge in [-0.05, 0) is 31.6 Å². The third kappa shape index (κ3) is 4.41. The normalized spacial score (nSPS) is 27.5. The summed E-state index contributed by atoms with van der Waals surface area (Å²) in [4.78, 5) is 2.45. The molecular weight excluding hydrogens is 302 g/mol. The van der Waals surface area contributed by atoms with E-state index in [4.69, 9.17) is 4.74 Å². The van der Waals surface area contributed by atoms with E-state index < -0.39 is 10.2 Å². The summed E-state index contributed by atoms with van der Waals surface area (Å²) in [5.74, 6) is 0.621. The summed E-state index contributed by atoms with van der Waals surface area (Å²) in [6.07, 6.45) is 6.23. The predicted octanol–water partition coefficient (Wildman–Crippen LogP) is 0.808. The number of morpholine rings is 1. The Kier molecular flexibility index (Phi) is 5.73. The maximum atomic E-state index is 12.4. The van der Waals surface area contributed by atoms with Gasteiger partial charge in [-0.25, -0.2) is 0 Å². The van der Waals surface area contributed by atoms with E-state index in [0.29, 0.717) is 19.0 Å². The van der Waals surface area contributed by atoms with Gasteiger partial charge in [0.2, 0.25) is 0 Å². The fourth-order valence-corrected chi connectivity index (χ4v) is 5.31. The third-order valence-electron chi connectivity index (χ3n) is 5.20. The van der Waals surface area contributed by atoms with E-state index in [1.165, 1.54) is 0 Å². The zero-order chi connectivity index (χ0) is 15.4. The van der Waals surface area contributed by atoms with Crippen LogP contribution in [-0.2, 0) is 14.9 Å². The standard InChI is InChI=1S/C15H29N3O3S/c19-22(20,16-15-3-1-2-4-15)18-7-5-14(6-8-18)13-17-9-11-21-12-10-17/h14-16H,1-13H2. The first-order chi connectivity index (χ1) is 10.6. The number of ether oxygens (including phenoxy) is 1.